The zero-order chi connectivity index (χ0) is 18.6. The lowest BCUT2D eigenvalue weighted by atomic mass is 10.2. The van der Waals surface area contributed by atoms with Crippen molar-refractivity contribution in [3.63, 3.8) is 0 Å². The van der Waals surface area contributed by atoms with Crippen molar-refractivity contribution in [3.8, 4) is 0 Å². The molecule has 1 aliphatic rings. The molecular formula is C19H22N2O4S. The molecular weight excluding hydrogens is 352 g/mol. The summed E-state index contributed by atoms with van der Waals surface area (Å²) < 4.78 is 32.4. The van der Waals surface area contributed by atoms with Gasteiger partial charge >= 0.3 is 5.97 Å². The van der Waals surface area contributed by atoms with Crippen LogP contribution >= 0.6 is 0 Å². The van der Waals surface area contributed by atoms with Crippen molar-refractivity contribution < 1.29 is 17.9 Å². The van der Waals surface area contributed by atoms with Crippen molar-refractivity contribution in [1.82, 2.24) is 4.72 Å². The predicted molar refractivity (Wildman–Crippen MR) is 99.8 cm³/mol. The summed E-state index contributed by atoms with van der Waals surface area (Å²) in [5, 5.41) is 0. The number of nitrogens with zero attached hydrogens (tertiary/aromatic N) is 1. The minimum absolute atomic E-state index is 0.126. The highest BCUT2D eigenvalue weighted by Crippen LogP contribution is 2.25. The quantitative estimate of drug-likeness (QED) is 0.786. The minimum Gasteiger partial charge on any atom is -0.465 e. The topological polar surface area (TPSA) is 75.7 Å². The maximum atomic E-state index is 12.5. The Labute approximate surface area is 153 Å². The molecule has 0 bridgehead atoms. The number of carbonyl (C=O) groups excluding carboxylic acids is 1. The van der Waals surface area contributed by atoms with Crippen LogP contribution in [0.2, 0.25) is 0 Å². The van der Waals surface area contributed by atoms with Crippen LogP contribution in [0.4, 0.5) is 5.69 Å². The van der Waals surface area contributed by atoms with Crippen LogP contribution in [0, 0.1) is 0 Å². The summed E-state index contributed by atoms with van der Waals surface area (Å²) >= 11 is 0. The maximum absolute atomic E-state index is 12.5. The van der Waals surface area contributed by atoms with E-state index in [1.165, 1.54) is 31.4 Å². The first-order valence-electron chi connectivity index (χ1n) is 8.51. The van der Waals surface area contributed by atoms with Gasteiger partial charge in [-0.15, -0.1) is 0 Å². The Hall–Kier alpha value is -2.38. The van der Waals surface area contributed by atoms with Gasteiger partial charge in [-0.25, -0.2) is 17.9 Å². The lowest BCUT2D eigenvalue weighted by Gasteiger charge is -2.27. The van der Waals surface area contributed by atoms with E-state index in [2.05, 4.69) is 14.4 Å². The van der Waals surface area contributed by atoms with Crippen LogP contribution in [0.25, 0.3) is 0 Å². The molecule has 0 aromatic heterocycles. The molecule has 1 heterocycles. The molecule has 26 heavy (non-hydrogen) atoms. The molecule has 138 valence electrons. The highest BCUT2D eigenvalue weighted by Gasteiger charge is 2.26. The number of ether oxygens (including phenoxy) is 1. The van der Waals surface area contributed by atoms with Crippen LogP contribution in [0.1, 0.15) is 23.2 Å². The van der Waals surface area contributed by atoms with Gasteiger partial charge in [0.2, 0.25) is 10.0 Å². The van der Waals surface area contributed by atoms with Crippen LogP contribution in [-0.2, 0) is 14.8 Å². The van der Waals surface area contributed by atoms with Crippen molar-refractivity contribution in [2.75, 3.05) is 25.1 Å². The van der Waals surface area contributed by atoms with E-state index >= 15 is 0 Å². The Morgan fingerprint density at radius 1 is 1.15 bits per heavy atom. The second-order valence-electron chi connectivity index (χ2n) is 6.19. The van der Waals surface area contributed by atoms with Gasteiger partial charge in [-0.3, -0.25) is 0 Å². The molecule has 0 amide bonds. The van der Waals surface area contributed by atoms with Gasteiger partial charge in [0, 0.05) is 24.8 Å². The number of esters is 1. The van der Waals surface area contributed by atoms with E-state index in [0.29, 0.717) is 12.1 Å². The molecule has 2 aromatic carbocycles. The molecule has 1 fully saturated rings. The third-order valence-corrected chi connectivity index (χ3v) is 6.00. The maximum Gasteiger partial charge on any atom is 0.337 e. The van der Waals surface area contributed by atoms with E-state index in [1.54, 1.807) is 0 Å². The zero-order valence-electron chi connectivity index (χ0n) is 14.6. The van der Waals surface area contributed by atoms with Crippen molar-refractivity contribution in [1.29, 1.82) is 0 Å². The SMILES string of the molecule is COC(=O)c1ccc(S(=O)(=O)NCC2CCCN2c2ccccc2)cc1. The zero-order valence-corrected chi connectivity index (χ0v) is 15.4. The lowest BCUT2D eigenvalue weighted by Crippen LogP contribution is -2.40. The minimum atomic E-state index is -3.63. The molecule has 1 saturated heterocycles. The summed E-state index contributed by atoms with van der Waals surface area (Å²) in [4.78, 5) is 13.8. The Kier molecular flexibility index (Phi) is 5.58. The van der Waals surface area contributed by atoms with E-state index < -0.39 is 16.0 Å². The monoisotopic (exact) mass is 374 g/mol. The number of hydrogen-bond acceptors (Lipinski definition) is 5. The number of nitrogens with one attached hydrogen (secondary N) is 1. The summed E-state index contributed by atoms with van der Waals surface area (Å²) in [6.45, 7) is 1.26. The van der Waals surface area contributed by atoms with Crippen LogP contribution in [-0.4, -0.2) is 40.6 Å². The number of hydrogen-bond donors (Lipinski definition) is 1. The van der Waals surface area contributed by atoms with E-state index in [0.717, 1.165) is 25.1 Å². The van der Waals surface area contributed by atoms with Crippen molar-refractivity contribution in [3.05, 3.63) is 60.2 Å². The largest absolute Gasteiger partial charge is 0.465 e. The molecule has 0 spiro atoms. The first-order valence-corrected chi connectivity index (χ1v) is 9.99. The summed E-state index contributed by atoms with van der Waals surface area (Å²) in [5.41, 5.74) is 1.43. The van der Waals surface area contributed by atoms with Gasteiger partial charge in [0.1, 0.15) is 0 Å². The van der Waals surface area contributed by atoms with Gasteiger partial charge in [-0.2, -0.15) is 0 Å². The third kappa shape index (κ3) is 4.05. The van der Waals surface area contributed by atoms with Crippen LogP contribution in [0.5, 0.6) is 0 Å². The number of sulfonamides is 1. The number of benzene rings is 2. The summed E-state index contributed by atoms with van der Waals surface area (Å²) in [5.74, 6) is -0.494. The normalized spacial score (nSPS) is 17.3. The third-order valence-electron chi connectivity index (χ3n) is 4.56. The van der Waals surface area contributed by atoms with Crippen molar-refractivity contribution in [2.24, 2.45) is 0 Å². The molecule has 0 aliphatic carbocycles. The van der Waals surface area contributed by atoms with E-state index in [-0.39, 0.29) is 10.9 Å². The second kappa shape index (κ2) is 7.88. The van der Waals surface area contributed by atoms with Crippen LogP contribution in [0.3, 0.4) is 0 Å². The van der Waals surface area contributed by atoms with Gasteiger partial charge in [0.15, 0.2) is 0 Å². The fourth-order valence-electron chi connectivity index (χ4n) is 3.18. The molecule has 1 N–H and O–H groups in total. The molecule has 3 rings (SSSR count). The second-order valence-corrected chi connectivity index (χ2v) is 7.96. The first-order chi connectivity index (χ1) is 12.5. The van der Waals surface area contributed by atoms with E-state index in [9.17, 15) is 13.2 Å². The number of rotatable bonds is 6. The van der Waals surface area contributed by atoms with Crippen LogP contribution in [0.15, 0.2) is 59.5 Å². The van der Waals surface area contributed by atoms with Gasteiger partial charge in [0.05, 0.1) is 17.6 Å². The molecule has 0 radical (unpaired) electrons. The average molecular weight is 374 g/mol. The van der Waals surface area contributed by atoms with E-state index in [1.807, 2.05) is 30.3 Å². The van der Waals surface area contributed by atoms with Crippen molar-refractivity contribution in [2.45, 2.75) is 23.8 Å². The first kappa shape index (κ1) is 18.4. The number of para-hydroxylation sites is 1. The predicted octanol–water partition coefficient (Wildman–Crippen LogP) is 2.42. The smallest absolute Gasteiger partial charge is 0.337 e. The van der Waals surface area contributed by atoms with Gasteiger partial charge in [-0.05, 0) is 49.2 Å². The molecule has 0 saturated carbocycles. The molecule has 1 atom stereocenters. The Bertz CT molecular complexity index is 851. The van der Waals surface area contributed by atoms with Crippen LogP contribution < -0.4 is 9.62 Å². The Morgan fingerprint density at radius 2 is 1.85 bits per heavy atom. The summed E-state index contributed by atoms with van der Waals surface area (Å²) in [6.07, 6.45) is 1.98. The lowest BCUT2D eigenvalue weighted by molar-refractivity contribution is 0.0600. The Morgan fingerprint density at radius 3 is 2.50 bits per heavy atom. The molecule has 2 aromatic rings. The average Bonchev–Trinajstić information content (AvgIpc) is 3.15. The Balaban J connectivity index is 1.67. The number of methoxy groups -OCH3 is 1. The van der Waals surface area contributed by atoms with Gasteiger partial charge in [-0.1, -0.05) is 18.2 Å². The number of carbonyl (C=O) groups is 1. The van der Waals surface area contributed by atoms with Gasteiger partial charge in [0.25, 0.3) is 0 Å². The summed E-state index contributed by atoms with van der Waals surface area (Å²) in [6, 6.07) is 15.9. The standard InChI is InChI=1S/C19H22N2O4S/c1-25-19(22)15-9-11-18(12-10-15)26(23,24)20-14-17-8-5-13-21(17)16-6-3-2-4-7-16/h2-4,6-7,9-12,17,20H,5,8,13-14H2,1H3. The highest BCUT2D eigenvalue weighted by molar-refractivity contribution is 7.89. The molecule has 1 unspecified atom stereocenters. The molecule has 1 aliphatic heterocycles. The molecule has 6 nitrogen and oxygen atoms in total. The fourth-order valence-corrected chi connectivity index (χ4v) is 4.26. The fraction of sp³-hybridized carbons (Fsp3) is 0.316. The van der Waals surface area contributed by atoms with E-state index in [4.69, 9.17) is 0 Å². The van der Waals surface area contributed by atoms with Crippen molar-refractivity contribution >= 4 is 21.7 Å². The summed E-state index contributed by atoms with van der Waals surface area (Å²) in [7, 11) is -2.34. The highest BCUT2D eigenvalue weighted by atomic mass is 32.2. The number of anilines is 1. The van der Waals surface area contributed by atoms with Gasteiger partial charge < -0.3 is 9.64 Å². The molecule has 7 heteroatoms.